The summed E-state index contributed by atoms with van der Waals surface area (Å²) in [7, 11) is -3.97. The topological polar surface area (TPSA) is 61.6 Å². The highest BCUT2D eigenvalue weighted by Crippen LogP contribution is 2.45. The van der Waals surface area contributed by atoms with Gasteiger partial charge >= 0.3 is 0 Å². The lowest BCUT2D eigenvalue weighted by molar-refractivity contribution is -0.384. The van der Waals surface area contributed by atoms with Gasteiger partial charge in [-0.15, -0.1) is 0 Å². The fourth-order valence-electron chi connectivity index (χ4n) is 3.82. The van der Waals surface area contributed by atoms with Crippen LogP contribution in [-0.4, -0.2) is 21.6 Å². The standard InChI is InChI=1S/C27H41NO4Si2/c1-26(2,3)33(7,8)31-21-13-15-22(24(18-21)28(29)30)19-11-14-23-20(17-19)12-16-25(23)32-34(9,10)27(4,5)6/h11,13-15,17-18,25H,12,16H2,1-10H3. The molecule has 0 spiro atoms. The van der Waals surface area contributed by atoms with Gasteiger partial charge in [0.2, 0.25) is 8.32 Å². The van der Waals surface area contributed by atoms with Crippen molar-refractivity contribution in [1.29, 1.82) is 0 Å². The van der Waals surface area contributed by atoms with Crippen molar-refractivity contribution in [2.24, 2.45) is 0 Å². The Morgan fingerprint density at radius 3 is 2.09 bits per heavy atom. The van der Waals surface area contributed by atoms with Gasteiger partial charge in [0.15, 0.2) is 8.32 Å². The second-order valence-electron chi connectivity index (χ2n) is 12.6. The highest BCUT2D eigenvalue weighted by Gasteiger charge is 2.41. The van der Waals surface area contributed by atoms with Crippen LogP contribution in [-0.2, 0) is 10.8 Å². The van der Waals surface area contributed by atoms with Crippen LogP contribution in [0.2, 0.25) is 36.3 Å². The lowest BCUT2D eigenvalue weighted by Crippen LogP contribution is -2.43. The highest BCUT2D eigenvalue weighted by atomic mass is 28.4. The van der Waals surface area contributed by atoms with E-state index in [4.69, 9.17) is 8.85 Å². The summed E-state index contributed by atoms with van der Waals surface area (Å²) in [6, 6.07) is 11.5. The van der Waals surface area contributed by atoms with Gasteiger partial charge in [0.25, 0.3) is 5.69 Å². The van der Waals surface area contributed by atoms with Gasteiger partial charge in [0.05, 0.1) is 22.7 Å². The van der Waals surface area contributed by atoms with Gasteiger partial charge in [-0.05, 0) is 77.9 Å². The predicted molar refractivity (Wildman–Crippen MR) is 146 cm³/mol. The Kier molecular flexibility index (Phi) is 6.98. The van der Waals surface area contributed by atoms with Crippen LogP contribution in [0.15, 0.2) is 36.4 Å². The van der Waals surface area contributed by atoms with E-state index in [0.29, 0.717) is 11.3 Å². The first-order valence-electron chi connectivity index (χ1n) is 12.2. The Bertz CT molecular complexity index is 1080. The van der Waals surface area contributed by atoms with Crippen molar-refractivity contribution < 1.29 is 13.8 Å². The van der Waals surface area contributed by atoms with Gasteiger partial charge in [0, 0.05) is 0 Å². The zero-order valence-corrected chi connectivity index (χ0v) is 24.5. The summed E-state index contributed by atoms with van der Waals surface area (Å²) in [6.45, 7) is 22.1. The molecule has 1 atom stereocenters. The summed E-state index contributed by atoms with van der Waals surface area (Å²) < 4.78 is 13.0. The quantitative estimate of drug-likeness (QED) is 0.227. The van der Waals surface area contributed by atoms with E-state index in [1.54, 1.807) is 6.07 Å². The number of fused-ring (bicyclic) bond motifs is 1. The molecule has 0 amide bonds. The zero-order chi connectivity index (χ0) is 25.7. The molecule has 0 radical (unpaired) electrons. The summed E-state index contributed by atoms with van der Waals surface area (Å²) in [5.74, 6) is 0.575. The molecule has 0 N–H and O–H groups in total. The third-order valence-electron chi connectivity index (χ3n) is 8.06. The van der Waals surface area contributed by atoms with Crippen LogP contribution in [0.5, 0.6) is 5.75 Å². The number of nitro benzene ring substituents is 1. The molecule has 3 rings (SSSR count). The Hall–Kier alpha value is -1.97. The number of hydrogen-bond acceptors (Lipinski definition) is 4. The minimum Gasteiger partial charge on any atom is -0.543 e. The van der Waals surface area contributed by atoms with Crippen LogP contribution in [0.3, 0.4) is 0 Å². The predicted octanol–water partition coefficient (Wildman–Crippen LogP) is 8.65. The van der Waals surface area contributed by atoms with Gasteiger partial charge in [0.1, 0.15) is 5.75 Å². The van der Waals surface area contributed by atoms with E-state index in [1.807, 2.05) is 18.2 Å². The first kappa shape index (κ1) is 26.6. The summed E-state index contributed by atoms with van der Waals surface area (Å²) in [5.41, 5.74) is 4.05. The molecule has 186 valence electrons. The van der Waals surface area contributed by atoms with Crippen LogP contribution in [0.25, 0.3) is 11.1 Å². The van der Waals surface area contributed by atoms with E-state index in [9.17, 15) is 10.1 Å². The summed E-state index contributed by atoms with van der Waals surface area (Å²) in [5, 5.41) is 12.2. The number of benzene rings is 2. The Morgan fingerprint density at radius 1 is 0.912 bits per heavy atom. The normalized spacial score (nSPS) is 16.9. The lowest BCUT2D eigenvalue weighted by atomic mass is 9.99. The maximum atomic E-state index is 12.0. The van der Waals surface area contributed by atoms with Gasteiger partial charge < -0.3 is 8.85 Å². The minimum atomic E-state index is -2.09. The molecule has 5 nitrogen and oxygen atoms in total. The van der Waals surface area contributed by atoms with E-state index < -0.39 is 16.6 Å². The molecule has 0 heterocycles. The minimum absolute atomic E-state index is 0.0173. The lowest BCUT2D eigenvalue weighted by Gasteiger charge is -2.38. The van der Waals surface area contributed by atoms with Crippen molar-refractivity contribution in [2.45, 2.75) is 96.8 Å². The molecule has 1 unspecified atom stereocenters. The molecule has 0 saturated heterocycles. The van der Waals surface area contributed by atoms with Crippen LogP contribution in [0.4, 0.5) is 5.69 Å². The molecule has 1 aliphatic carbocycles. The van der Waals surface area contributed by atoms with E-state index in [-0.39, 0.29) is 26.8 Å². The maximum Gasteiger partial charge on any atom is 0.280 e. The molecular weight excluding hydrogens is 458 g/mol. The Morgan fingerprint density at radius 2 is 1.53 bits per heavy atom. The van der Waals surface area contributed by atoms with Crippen molar-refractivity contribution in [3.05, 3.63) is 57.6 Å². The number of nitrogens with zero attached hydrogens (tertiary/aromatic N) is 1. The van der Waals surface area contributed by atoms with Crippen molar-refractivity contribution in [3.8, 4) is 16.9 Å². The molecule has 34 heavy (non-hydrogen) atoms. The van der Waals surface area contributed by atoms with Crippen molar-refractivity contribution in [2.75, 3.05) is 0 Å². The van der Waals surface area contributed by atoms with Crippen molar-refractivity contribution >= 4 is 22.3 Å². The van der Waals surface area contributed by atoms with Crippen molar-refractivity contribution in [1.82, 2.24) is 0 Å². The van der Waals surface area contributed by atoms with Crippen LogP contribution >= 0.6 is 0 Å². The average Bonchev–Trinajstić information content (AvgIpc) is 3.07. The van der Waals surface area contributed by atoms with Gasteiger partial charge in [-0.25, -0.2) is 0 Å². The third kappa shape index (κ3) is 5.31. The highest BCUT2D eigenvalue weighted by molar-refractivity contribution is 6.75. The largest absolute Gasteiger partial charge is 0.543 e. The third-order valence-corrected chi connectivity index (χ3v) is 16.9. The fourth-order valence-corrected chi connectivity index (χ4v) is 6.15. The van der Waals surface area contributed by atoms with Crippen LogP contribution in [0, 0.1) is 10.1 Å². The Labute approximate surface area is 207 Å². The van der Waals surface area contributed by atoms with Gasteiger partial charge in [-0.1, -0.05) is 59.7 Å². The first-order chi connectivity index (χ1) is 15.4. The summed E-state index contributed by atoms with van der Waals surface area (Å²) in [6.07, 6.45) is 2.01. The number of rotatable bonds is 6. The van der Waals surface area contributed by atoms with Crippen LogP contribution < -0.4 is 4.43 Å². The molecular formula is C27H41NO4Si2. The number of nitro groups is 1. The van der Waals surface area contributed by atoms with E-state index >= 15 is 0 Å². The fraction of sp³-hybridized carbons (Fsp3) is 0.556. The van der Waals surface area contributed by atoms with E-state index in [0.717, 1.165) is 18.4 Å². The molecule has 0 fully saturated rings. The zero-order valence-electron chi connectivity index (χ0n) is 22.5. The van der Waals surface area contributed by atoms with E-state index in [1.165, 1.54) is 11.1 Å². The molecule has 2 aromatic rings. The summed E-state index contributed by atoms with van der Waals surface area (Å²) >= 11 is 0. The summed E-state index contributed by atoms with van der Waals surface area (Å²) in [4.78, 5) is 11.7. The van der Waals surface area contributed by atoms with E-state index in [2.05, 4.69) is 79.9 Å². The number of aryl methyl sites for hydroxylation is 1. The van der Waals surface area contributed by atoms with Gasteiger partial charge in [-0.3, -0.25) is 10.1 Å². The molecule has 0 aromatic heterocycles. The molecule has 0 aliphatic heterocycles. The second kappa shape index (κ2) is 8.92. The Balaban J connectivity index is 1.92. The average molecular weight is 500 g/mol. The smallest absolute Gasteiger partial charge is 0.280 e. The molecule has 0 saturated carbocycles. The van der Waals surface area contributed by atoms with Gasteiger partial charge in [-0.2, -0.15) is 0 Å². The molecule has 2 aromatic carbocycles. The first-order valence-corrected chi connectivity index (χ1v) is 18.0. The number of hydrogen-bond donors (Lipinski definition) is 0. The molecule has 7 heteroatoms. The second-order valence-corrected chi connectivity index (χ2v) is 22.1. The monoisotopic (exact) mass is 499 g/mol. The van der Waals surface area contributed by atoms with Crippen molar-refractivity contribution in [3.63, 3.8) is 0 Å². The molecule has 1 aliphatic rings. The van der Waals surface area contributed by atoms with Crippen LogP contribution in [0.1, 0.15) is 65.2 Å². The maximum absolute atomic E-state index is 12.0. The molecule has 0 bridgehead atoms. The SMILES string of the molecule is CC(C)(C)[Si](C)(C)Oc1ccc(-c2ccc3c(c2)CCC3O[Si](C)(C)C(C)(C)C)c([N+](=O)[O-])c1.